The number of rotatable bonds is 3. The number of aromatic amines is 1. The number of halogens is 1. The van der Waals surface area contributed by atoms with Crippen LogP contribution in [0.15, 0.2) is 30.3 Å². The van der Waals surface area contributed by atoms with Gasteiger partial charge in [0.15, 0.2) is 0 Å². The number of H-pyrrole nitrogens is 1. The third kappa shape index (κ3) is 2.69. The average molecular weight is 342 g/mol. The highest BCUT2D eigenvalue weighted by atomic mass is 19.1. The molecule has 1 N–H and O–H groups in total. The molecule has 3 amide bonds. The van der Waals surface area contributed by atoms with Crippen molar-refractivity contribution in [3.05, 3.63) is 41.8 Å². The molecule has 0 bridgehead atoms. The Morgan fingerprint density at radius 3 is 2.40 bits per heavy atom. The zero-order chi connectivity index (χ0) is 17.6. The first-order valence-corrected chi connectivity index (χ1v) is 7.98. The smallest absolute Gasteiger partial charge is 0.272 e. The Labute approximate surface area is 142 Å². The van der Waals surface area contributed by atoms with Crippen molar-refractivity contribution < 1.29 is 18.8 Å². The van der Waals surface area contributed by atoms with Gasteiger partial charge in [0.1, 0.15) is 11.5 Å². The molecular formula is C17H15FN4O3. The van der Waals surface area contributed by atoms with E-state index in [1.807, 2.05) is 0 Å². The molecule has 25 heavy (non-hydrogen) atoms. The van der Waals surface area contributed by atoms with Crippen molar-refractivity contribution >= 4 is 17.7 Å². The number of carbonyl (C=O) groups excluding carboxylic acids is 3. The minimum Gasteiger partial charge on any atom is -0.333 e. The van der Waals surface area contributed by atoms with Gasteiger partial charge in [-0.25, -0.2) is 4.39 Å². The summed E-state index contributed by atoms with van der Waals surface area (Å²) >= 11 is 0. The van der Waals surface area contributed by atoms with Crippen molar-refractivity contribution in [1.82, 2.24) is 20.0 Å². The molecule has 128 valence electrons. The maximum atomic E-state index is 13.0. The van der Waals surface area contributed by atoms with Crippen molar-refractivity contribution in [2.45, 2.75) is 18.9 Å². The summed E-state index contributed by atoms with van der Waals surface area (Å²) in [7, 11) is 0. The van der Waals surface area contributed by atoms with Crippen LogP contribution in [0.4, 0.5) is 4.39 Å². The number of nitrogens with zero attached hydrogens (tertiary/aromatic N) is 3. The number of benzene rings is 1. The Kier molecular flexibility index (Phi) is 3.60. The van der Waals surface area contributed by atoms with Gasteiger partial charge >= 0.3 is 0 Å². The van der Waals surface area contributed by atoms with Crippen molar-refractivity contribution in [3.8, 4) is 11.3 Å². The van der Waals surface area contributed by atoms with Crippen molar-refractivity contribution in [2.75, 3.05) is 13.1 Å². The molecule has 8 heteroatoms. The maximum Gasteiger partial charge on any atom is 0.272 e. The van der Waals surface area contributed by atoms with Gasteiger partial charge in [0.05, 0.1) is 11.7 Å². The first-order chi connectivity index (χ1) is 12.0. The molecule has 3 heterocycles. The lowest BCUT2D eigenvalue weighted by Crippen LogP contribution is -2.62. The Hall–Kier alpha value is -3.03. The predicted molar refractivity (Wildman–Crippen MR) is 84.8 cm³/mol. The summed E-state index contributed by atoms with van der Waals surface area (Å²) in [5.41, 5.74) is 1.56. The van der Waals surface area contributed by atoms with Crippen molar-refractivity contribution in [1.29, 1.82) is 0 Å². The highest BCUT2D eigenvalue weighted by Crippen LogP contribution is 2.24. The van der Waals surface area contributed by atoms with Gasteiger partial charge in [-0.2, -0.15) is 5.10 Å². The van der Waals surface area contributed by atoms with Crippen LogP contribution in [-0.4, -0.2) is 56.9 Å². The molecule has 1 aromatic heterocycles. The van der Waals surface area contributed by atoms with E-state index in [2.05, 4.69) is 10.2 Å². The largest absolute Gasteiger partial charge is 0.333 e. The van der Waals surface area contributed by atoms with Gasteiger partial charge in [-0.1, -0.05) is 0 Å². The quantitative estimate of drug-likeness (QED) is 0.849. The van der Waals surface area contributed by atoms with Crippen LogP contribution in [0.3, 0.4) is 0 Å². The van der Waals surface area contributed by atoms with E-state index >= 15 is 0 Å². The topological polar surface area (TPSA) is 86.4 Å². The molecule has 0 atom stereocenters. The Balaban J connectivity index is 1.42. The van der Waals surface area contributed by atoms with Gasteiger partial charge in [-0.3, -0.25) is 24.4 Å². The second-order valence-electron chi connectivity index (χ2n) is 6.20. The summed E-state index contributed by atoms with van der Waals surface area (Å²) < 4.78 is 13.0. The number of aromatic nitrogens is 2. The number of nitrogens with one attached hydrogen (secondary N) is 1. The van der Waals surface area contributed by atoms with Crippen LogP contribution < -0.4 is 0 Å². The molecule has 1 aromatic carbocycles. The number of hydrogen-bond acceptors (Lipinski definition) is 4. The van der Waals surface area contributed by atoms with Crippen molar-refractivity contribution in [3.63, 3.8) is 0 Å². The summed E-state index contributed by atoms with van der Waals surface area (Å²) in [6.45, 7) is 0.669. The molecular weight excluding hydrogens is 327 g/mol. The summed E-state index contributed by atoms with van der Waals surface area (Å²) in [5.74, 6) is -0.908. The number of hydrogen-bond donors (Lipinski definition) is 1. The third-order valence-electron chi connectivity index (χ3n) is 4.55. The molecule has 2 aliphatic rings. The van der Waals surface area contributed by atoms with Crippen LogP contribution >= 0.6 is 0 Å². The fraction of sp³-hybridized carbons (Fsp3) is 0.294. The summed E-state index contributed by atoms with van der Waals surface area (Å²) in [5, 5.41) is 6.77. The summed E-state index contributed by atoms with van der Waals surface area (Å²) in [6.07, 6.45) is 0.510. The van der Waals surface area contributed by atoms with Crippen molar-refractivity contribution in [2.24, 2.45) is 0 Å². The lowest BCUT2D eigenvalue weighted by atomic mass is 10.1. The van der Waals surface area contributed by atoms with Crippen LogP contribution in [-0.2, 0) is 9.59 Å². The normalized spacial score (nSPS) is 18.0. The van der Waals surface area contributed by atoms with Gasteiger partial charge in [0, 0.05) is 31.5 Å². The molecule has 2 saturated heterocycles. The minimum absolute atomic E-state index is 0.165. The molecule has 0 saturated carbocycles. The van der Waals surface area contributed by atoms with Gasteiger partial charge in [0.25, 0.3) is 5.91 Å². The van der Waals surface area contributed by atoms with Crippen LogP contribution in [0.1, 0.15) is 23.3 Å². The van der Waals surface area contributed by atoms with E-state index < -0.39 is 0 Å². The average Bonchev–Trinajstić information content (AvgIpc) is 3.16. The van der Waals surface area contributed by atoms with Crippen LogP contribution in [0, 0.1) is 5.82 Å². The minimum atomic E-state index is -0.340. The van der Waals surface area contributed by atoms with E-state index in [0.29, 0.717) is 30.0 Å². The zero-order valence-corrected chi connectivity index (χ0v) is 13.2. The van der Waals surface area contributed by atoms with Gasteiger partial charge in [-0.05, 0) is 30.3 Å². The highest BCUT2D eigenvalue weighted by Gasteiger charge is 2.43. The van der Waals surface area contributed by atoms with E-state index in [4.69, 9.17) is 0 Å². The fourth-order valence-corrected chi connectivity index (χ4v) is 3.16. The third-order valence-corrected chi connectivity index (χ3v) is 4.55. The number of likely N-dealkylation sites (tertiary alicyclic amines) is 2. The summed E-state index contributed by atoms with van der Waals surface area (Å²) in [6, 6.07) is 7.21. The molecule has 7 nitrogen and oxygen atoms in total. The molecule has 4 rings (SSSR count). The number of carbonyl (C=O) groups is 3. The molecule has 2 aliphatic heterocycles. The molecule has 0 spiro atoms. The summed E-state index contributed by atoms with van der Waals surface area (Å²) in [4.78, 5) is 38.7. The van der Waals surface area contributed by atoms with Gasteiger partial charge < -0.3 is 4.90 Å². The van der Waals surface area contributed by atoms with E-state index in [9.17, 15) is 18.8 Å². The lowest BCUT2D eigenvalue weighted by molar-refractivity contribution is -0.144. The Morgan fingerprint density at radius 1 is 1.12 bits per heavy atom. The van der Waals surface area contributed by atoms with Gasteiger partial charge in [0.2, 0.25) is 11.8 Å². The van der Waals surface area contributed by atoms with Crippen LogP contribution in [0.25, 0.3) is 11.3 Å². The molecule has 0 radical (unpaired) electrons. The van der Waals surface area contributed by atoms with Crippen LogP contribution in [0.5, 0.6) is 0 Å². The van der Waals surface area contributed by atoms with E-state index in [0.717, 1.165) is 0 Å². The lowest BCUT2D eigenvalue weighted by Gasteiger charge is -2.42. The SMILES string of the molecule is O=C(c1cc(-c2ccc(F)cc2)n[nH]1)N1CC(N2C(=O)CCC2=O)C1. The molecule has 0 aliphatic carbocycles. The van der Waals surface area contributed by atoms with E-state index in [-0.39, 0.29) is 42.4 Å². The Bertz CT molecular complexity index is 839. The predicted octanol–water partition coefficient (Wildman–Crippen LogP) is 1.19. The number of imide groups is 1. The molecule has 2 aromatic rings. The second kappa shape index (κ2) is 5.80. The zero-order valence-electron chi connectivity index (χ0n) is 13.2. The Morgan fingerprint density at radius 2 is 1.76 bits per heavy atom. The monoisotopic (exact) mass is 342 g/mol. The first-order valence-electron chi connectivity index (χ1n) is 7.98. The second-order valence-corrected chi connectivity index (χ2v) is 6.20. The first kappa shape index (κ1) is 15.5. The van der Waals surface area contributed by atoms with Crippen LogP contribution in [0.2, 0.25) is 0 Å². The number of amides is 3. The molecule has 2 fully saturated rings. The van der Waals surface area contributed by atoms with E-state index in [1.165, 1.54) is 17.0 Å². The fourth-order valence-electron chi connectivity index (χ4n) is 3.16. The highest BCUT2D eigenvalue weighted by molar-refractivity contribution is 6.03. The molecule has 0 unspecified atom stereocenters. The maximum absolute atomic E-state index is 13.0. The van der Waals surface area contributed by atoms with E-state index in [1.54, 1.807) is 23.1 Å². The standard InChI is InChI=1S/C17H15FN4O3/c18-11-3-1-10(2-4-11)13-7-14(20-19-13)17(25)21-8-12(9-21)22-15(23)5-6-16(22)24/h1-4,7,12H,5-6,8-9H2,(H,19,20). The van der Waals surface area contributed by atoms with Gasteiger partial charge in [-0.15, -0.1) is 0 Å².